The molecule has 1 aromatic rings. The molecule has 0 aliphatic heterocycles. The highest BCUT2D eigenvalue weighted by Gasteiger charge is 2.24. The first-order valence-corrected chi connectivity index (χ1v) is 6.41. The highest BCUT2D eigenvalue weighted by molar-refractivity contribution is 6.30. The fourth-order valence-electron chi connectivity index (χ4n) is 2.17. The van der Waals surface area contributed by atoms with Crippen molar-refractivity contribution in [3.8, 4) is 0 Å². The summed E-state index contributed by atoms with van der Waals surface area (Å²) in [6.07, 6.45) is 3.79. The van der Waals surface area contributed by atoms with E-state index in [4.69, 9.17) is 11.6 Å². The minimum absolute atomic E-state index is 0.0809. The normalized spacial score (nSPS) is 24.7. The first kappa shape index (κ1) is 12.6. The number of hydrogen-bond donors (Lipinski definition) is 2. The van der Waals surface area contributed by atoms with Gasteiger partial charge < -0.3 is 10.4 Å². The second-order valence-corrected chi connectivity index (χ2v) is 5.05. The quantitative estimate of drug-likeness (QED) is 0.852. The highest BCUT2D eigenvalue weighted by atomic mass is 35.5. The van der Waals surface area contributed by atoms with Gasteiger partial charge in [-0.2, -0.15) is 0 Å². The van der Waals surface area contributed by atoms with E-state index in [-0.39, 0.29) is 12.1 Å². The molecule has 0 bridgehead atoms. The van der Waals surface area contributed by atoms with E-state index in [2.05, 4.69) is 15.5 Å². The molecule has 0 saturated heterocycles. The van der Waals surface area contributed by atoms with Gasteiger partial charge in [-0.25, -0.2) is 0 Å². The Morgan fingerprint density at radius 1 is 1.18 bits per heavy atom. The molecule has 1 saturated carbocycles. The van der Waals surface area contributed by atoms with Crippen LogP contribution in [0.2, 0.25) is 5.15 Å². The van der Waals surface area contributed by atoms with Crippen LogP contribution in [0.3, 0.4) is 0 Å². The number of aliphatic hydroxyl groups excluding tert-OH is 1. The molecule has 4 nitrogen and oxygen atoms in total. The minimum atomic E-state index is -0.291. The van der Waals surface area contributed by atoms with Crippen LogP contribution in [0.25, 0.3) is 0 Å². The number of rotatable bonds is 2. The molecule has 1 heterocycles. The molecule has 2 N–H and O–H groups in total. The fraction of sp³-hybridized carbons (Fsp3) is 0.667. The van der Waals surface area contributed by atoms with E-state index in [9.17, 15) is 5.11 Å². The summed E-state index contributed by atoms with van der Waals surface area (Å²) in [6.45, 7) is 3.89. The molecule has 2 atom stereocenters. The molecule has 94 valence electrons. The molecule has 17 heavy (non-hydrogen) atoms. The van der Waals surface area contributed by atoms with Crippen LogP contribution in [0.15, 0.2) is 0 Å². The first-order valence-electron chi connectivity index (χ1n) is 6.03. The third kappa shape index (κ3) is 2.69. The number of nitrogens with zero attached hydrogens (tertiary/aromatic N) is 2. The fourth-order valence-corrected chi connectivity index (χ4v) is 2.35. The number of aliphatic hydroxyl groups is 1. The molecule has 1 aliphatic rings. The summed E-state index contributed by atoms with van der Waals surface area (Å²) in [5, 5.41) is 21.6. The van der Waals surface area contributed by atoms with Crippen LogP contribution in [0.5, 0.6) is 0 Å². The van der Waals surface area contributed by atoms with Gasteiger partial charge in [-0.15, -0.1) is 10.2 Å². The number of halogens is 1. The molecule has 0 spiro atoms. The summed E-state index contributed by atoms with van der Waals surface area (Å²) in [5.74, 6) is 0.734. The lowest BCUT2D eigenvalue weighted by Gasteiger charge is -2.29. The van der Waals surface area contributed by atoms with Crippen molar-refractivity contribution in [3.05, 3.63) is 16.3 Å². The molecule has 0 aromatic carbocycles. The van der Waals surface area contributed by atoms with Gasteiger partial charge in [-0.05, 0) is 37.8 Å². The molecule has 1 fully saturated rings. The summed E-state index contributed by atoms with van der Waals surface area (Å²) < 4.78 is 0. The van der Waals surface area contributed by atoms with E-state index in [0.717, 1.165) is 42.6 Å². The predicted molar refractivity (Wildman–Crippen MR) is 68.4 cm³/mol. The molecular weight excluding hydrogens is 238 g/mol. The van der Waals surface area contributed by atoms with Crippen molar-refractivity contribution in [1.29, 1.82) is 0 Å². The molecule has 1 aromatic heterocycles. The summed E-state index contributed by atoms with van der Waals surface area (Å²) >= 11 is 5.91. The van der Waals surface area contributed by atoms with Gasteiger partial charge in [-0.1, -0.05) is 24.4 Å². The number of anilines is 1. The number of hydrogen-bond acceptors (Lipinski definition) is 4. The molecule has 5 heteroatoms. The van der Waals surface area contributed by atoms with Crippen LogP contribution < -0.4 is 5.32 Å². The monoisotopic (exact) mass is 255 g/mol. The molecule has 2 rings (SSSR count). The van der Waals surface area contributed by atoms with Crippen molar-refractivity contribution in [2.75, 3.05) is 5.32 Å². The van der Waals surface area contributed by atoms with Gasteiger partial charge in [0, 0.05) is 0 Å². The zero-order valence-corrected chi connectivity index (χ0v) is 11.0. The third-order valence-electron chi connectivity index (χ3n) is 3.52. The second kappa shape index (κ2) is 5.19. The summed E-state index contributed by atoms with van der Waals surface area (Å²) in [6, 6.07) is 0.0809. The number of aromatic nitrogens is 2. The predicted octanol–water partition coefficient (Wildman–Crippen LogP) is 2.46. The lowest BCUT2D eigenvalue weighted by molar-refractivity contribution is 0.116. The maximum absolute atomic E-state index is 9.91. The van der Waals surface area contributed by atoms with Gasteiger partial charge in [0.15, 0.2) is 11.0 Å². The van der Waals surface area contributed by atoms with Crippen molar-refractivity contribution in [2.24, 2.45) is 0 Å². The van der Waals surface area contributed by atoms with Crippen LogP contribution in [0.4, 0.5) is 5.82 Å². The van der Waals surface area contributed by atoms with Crippen LogP contribution in [-0.4, -0.2) is 27.4 Å². The topological polar surface area (TPSA) is 58.0 Å². The van der Waals surface area contributed by atoms with Crippen LogP contribution in [0.1, 0.15) is 36.8 Å². The minimum Gasteiger partial charge on any atom is -0.391 e. The van der Waals surface area contributed by atoms with Crippen LogP contribution in [-0.2, 0) is 0 Å². The third-order valence-corrected chi connectivity index (χ3v) is 3.88. The first-order chi connectivity index (χ1) is 8.09. The average molecular weight is 256 g/mol. The van der Waals surface area contributed by atoms with Crippen molar-refractivity contribution < 1.29 is 5.11 Å². The maximum Gasteiger partial charge on any atom is 0.155 e. The van der Waals surface area contributed by atoms with Gasteiger partial charge in [0.05, 0.1) is 12.1 Å². The van der Waals surface area contributed by atoms with E-state index in [1.54, 1.807) is 0 Å². The van der Waals surface area contributed by atoms with Crippen LogP contribution >= 0.6 is 11.6 Å². The Kier molecular flexibility index (Phi) is 3.84. The van der Waals surface area contributed by atoms with Crippen molar-refractivity contribution in [3.63, 3.8) is 0 Å². The Labute approximate surface area is 106 Å². The summed E-state index contributed by atoms with van der Waals surface area (Å²) in [7, 11) is 0. The molecule has 0 radical (unpaired) electrons. The SMILES string of the molecule is Cc1c(Cl)nnc(N[C@H]2CCCC[C@@H]2O)c1C. The zero-order valence-electron chi connectivity index (χ0n) is 10.2. The van der Waals surface area contributed by atoms with E-state index in [0.29, 0.717) is 5.15 Å². The lowest BCUT2D eigenvalue weighted by Crippen LogP contribution is -2.36. The summed E-state index contributed by atoms with van der Waals surface area (Å²) in [4.78, 5) is 0. The van der Waals surface area contributed by atoms with Gasteiger partial charge in [0.25, 0.3) is 0 Å². The van der Waals surface area contributed by atoms with E-state index >= 15 is 0 Å². The Morgan fingerprint density at radius 2 is 1.88 bits per heavy atom. The van der Waals surface area contributed by atoms with Gasteiger partial charge in [-0.3, -0.25) is 0 Å². The van der Waals surface area contributed by atoms with Crippen molar-refractivity contribution >= 4 is 17.4 Å². The van der Waals surface area contributed by atoms with E-state index < -0.39 is 0 Å². The van der Waals surface area contributed by atoms with E-state index in [1.807, 2.05) is 13.8 Å². The second-order valence-electron chi connectivity index (χ2n) is 4.69. The van der Waals surface area contributed by atoms with Crippen molar-refractivity contribution in [1.82, 2.24) is 10.2 Å². The maximum atomic E-state index is 9.91. The molecular formula is C12H18ClN3O. The molecule has 0 unspecified atom stereocenters. The van der Waals surface area contributed by atoms with Gasteiger partial charge in [0.2, 0.25) is 0 Å². The molecule has 1 aliphatic carbocycles. The Morgan fingerprint density at radius 3 is 2.59 bits per heavy atom. The number of nitrogens with one attached hydrogen (secondary N) is 1. The lowest BCUT2D eigenvalue weighted by atomic mass is 9.92. The Hall–Kier alpha value is -0.870. The standard InChI is InChI=1S/C12H18ClN3O/c1-7-8(2)12(16-15-11(7)13)14-9-5-3-4-6-10(9)17/h9-10,17H,3-6H2,1-2H3,(H,14,16)/t9-,10-/m0/s1. The Balaban J connectivity index is 2.15. The molecule has 0 amide bonds. The zero-order chi connectivity index (χ0) is 12.4. The van der Waals surface area contributed by atoms with Crippen molar-refractivity contribution in [2.45, 2.75) is 51.7 Å². The van der Waals surface area contributed by atoms with Gasteiger partial charge in [0.1, 0.15) is 0 Å². The van der Waals surface area contributed by atoms with Crippen LogP contribution in [0, 0.1) is 13.8 Å². The van der Waals surface area contributed by atoms with E-state index in [1.165, 1.54) is 0 Å². The largest absolute Gasteiger partial charge is 0.391 e. The van der Waals surface area contributed by atoms with Gasteiger partial charge >= 0.3 is 0 Å². The smallest absolute Gasteiger partial charge is 0.155 e. The highest BCUT2D eigenvalue weighted by Crippen LogP contribution is 2.25. The average Bonchev–Trinajstić information content (AvgIpc) is 2.32. The Bertz CT molecular complexity index is 411. The summed E-state index contributed by atoms with van der Waals surface area (Å²) in [5.41, 5.74) is 1.94.